The fraction of sp³-hybridized carbons (Fsp3) is 0.667. The first-order chi connectivity index (χ1) is 15.5. The summed E-state index contributed by atoms with van der Waals surface area (Å²) in [6.07, 6.45) is 2.41. The molecule has 0 amide bonds. The second kappa shape index (κ2) is 10.6. The van der Waals surface area contributed by atoms with Crippen molar-refractivity contribution in [3.63, 3.8) is 0 Å². The molecule has 0 spiro atoms. The fourth-order valence-electron chi connectivity index (χ4n) is 4.51. The van der Waals surface area contributed by atoms with Crippen LogP contribution in [0.15, 0.2) is 18.2 Å². The molecule has 2 atom stereocenters. The molecule has 176 valence electrons. The SMILES string of the molecule is COCCN1CCN(c2nnc(COc3ccc(C)c(C)c3)n2C[C@@H]2CCCO2)C[C@H]1C. The minimum atomic E-state index is 0.213. The lowest BCUT2D eigenvalue weighted by Crippen LogP contribution is -2.53. The van der Waals surface area contributed by atoms with Gasteiger partial charge in [0.05, 0.1) is 19.3 Å². The summed E-state index contributed by atoms with van der Waals surface area (Å²) in [6.45, 7) is 13.1. The number of hydrogen-bond acceptors (Lipinski definition) is 7. The summed E-state index contributed by atoms with van der Waals surface area (Å²) in [6, 6.07) is 6.63. The Hall–Kier alpha value is -2.16. The molecule has 0 radical (unpaired) electrons. The summed E-state index contributed by atoms with van der Waals surface area (Å²) in [4.78, 5) is 4.83. The van der Waals surface area contributed by atoms with Gasteiger partial charge in [-0.15, -0.1) is 10.2 Å². The van der Waals surface area contributed by atoms with Crippen LogP contribution in [0.25, 0.3) is 0 Å². The van der Waals surface area contributed by atoms with Gasteiger partial charge in [-0.1, -0.05) is 6.07 Å². The van der Waals surface area contributed by atoms with Gasteiger partial charge in [-0.2, -0.15) is 0 Å². The Bertz CT molecular complexity index is 881. The Labute approximate surface area is 191 Å². The van der Waals surface area contributed by atoms with E-state index < -0.39 is 0 Å². The van der Waals surface area contributed by atoms with Crippen molar-refractivity contribution in [2.75, 3.05) is 51.4 Å². The van der Waals surface area contributed by atoms with E-state index in [0.717, 1.165) is 76.3 Å². The molecule has 1 aromatic carbocycles. The minimum absolute atomic E-state index is 0.213. The van der Waals surface area contributed by atoms with E-state index in [1.807, 2.05) is 6.07 Å². The van der Waals surface area contributed by atoms with E-state index in [1.54, 1.807) is 7.11 Å². The number of piperazine rings is 1. The summed E-state index contributed by atoms with van der Waals surface area (Å²) in [5.74, 6) is 2.64. The number of anilines is 1. The number of ether oxygens (including phenoxy) is 3. The lowest BCUT2D eigenvalue weighted by molar-refractivity contribution is 0.0948. The highest BCUT2D eigenvalue weighted by Crippen LogP contribution is 2.24. The van der Waals surface area contributed by atoms with E-state index in [-0.39, 0.29) is 6.10 Å². The first-order valence-corrected chi connectivity index (χ1v) is 11.8. The Morgan fingerprint density at radius 3 is 2.75 bits per heavy atom. The highest BCUT2D eigenvalue weighted by Gasteiger charge is 2.29. The Morgan fingerprint density at radius 2 is 2.03 bits per heavy atom. The normalized spacial score (nSPS) is 21.9. The third kappa shape index (κ3) is 5.42. The molecule has 2 fully saturated rings. The molecular weight excluding hydrogens is 406 g/mol. The summed E-state index contributed by atoms with van der Waals surface area (Å²) in [7, 11) is 1.76. The summed E-state index contributed by atoms with van der Waals surface area (Å²) >= 11 is 0. The zero-order valence-electron chi connectivity index (χ0n) is 19.9. The van der Waals surface area contributed by atoms with Crippen LogP contribution in [0.4, 0.5) is 5.95 Å². The van der Waals surface area contributed by atoms with Gasteiger partial charge < -0.3 is 19.1 Å². The molecule has 0 aliphatic carbocycles. The van der Waals surface area contributed by atoms with Crippen LogP contribution in [0, 0.1) is 13.8 Å². The highest BCUT2D eigenvalue weighted by atomic mass is 16.5. The molecule has 8 heteroatoms. The highest BCUT2D eigenvalue weighted by molar-refractivity contribution is 5.35. The lowest BCUT2D eigenvalue weighted by Gasteiger charge is -2.40. The average Bonchev–Trinajstić information content (AvgIpc) is 3.44. The molecule has 32 heavy (non-hydrogen) atoms. The van der Waals surface area contributed by atoms with E-state index in [0.29, 0.717) is 12.6 Å². The van der Waals surface area contributed by atoms with Crippen LogP contribution in [0.3, 0.4) is 0 Å². The van der Waals surface area contributed by atoms with Crippen LogP contribution in [0.5, 0.6) is 5.75 Å². The Kier molecular flexibility index (Phi) is 7.65. The fourth-order valence-corrected chi connectivity index (χ4v) is 4.51. The van der Waals surface area contributed by atoms with Gasteiger partial charge in [0.25, 0.3) is 0 Å². The van der Waals surface area contributed by atoms with Gasteiger partial charge >= 0.3 is 0 Å². The molecule has 0 unspecified atom stereocenters. The van der Waals surface area contributed by atoms with Crippen molar-refractivity contribution < 1.29 is 14.2 Å². The van der Waals surface area contributed by atoms with E-state index in [4.69, 9.17) is 14.2 Å². The van der Waals surface area contributed by atoms with Crippen LogP contribution in [-0.4, -0.2) is 78.3 Å². The van der Waals surface area contributed by atoms with Crippen molar-refractivity contribution in [3.05, 3.63) is 35.2 Å². The maximum Gasteiger partial charge on any atom is 0.227 e. The summed E-state index contributed by atoms with van der Waals surface area (Å²) in [5.41, 5.74) is 2.49. The van der Waals surface area contributed by atoms with Crippen molar-refractivity contribution in [1.82, 2.24) is 19.7 Å². The van der Waals surface area contributed by atoms with Gasteiger partial charge in [0.15, 0.2) is 5.82 Å². The van der Waals surface area contributed by atoms with Gasteiger partial charge in [0.2, 0.25) is 5.95 Å². The van der Waals surface area contributed by atoms with Gasteiger partial charge in [-0.3, -0.25) is 9.47 Å². The summed E-state index contributed by atoms with van der Waals surface area (Å²) in [5, 5.41) is 9.15. The minimum Gasteiger partial charge on any atom is -0.486 e. The number of aromatic nitrogens is 3. The average molecular weight is 444 g/mol. The van der Waals surface area contributed by atoms with E-state index >= 15 is 0 Å². The van der Waals surface area contributed by atoms with Crippen molar-refractivity contribution in [3.8, 4) is 5.75 Å². The molecule has 2 aromatic rings. The van der Waals surface area contributed by atoms with Crippen LogP contribution < -0.4 is 9.64 Å². The largest absolute Gasteiger partial charge is 0.486 e. The van der Waals surface area contributed by atoms with Gasteiger partial charge in [0.1, 0.15) is 12.4 Å². The van der Waals surface area contributed by atoms with E-state index in [2.05, 4.69) is 57.5 Å². The van der Waals surface area contributed by atoms with Crippen molar-refractivity contribution >= 4 is 5.95 Å². The molecule has 2 aliphatic rings. The van der Waals surface area contributed by atoms with Crippen LogP contribution in [0.2, 0.25) is 0 Å². The van der Waals surface area contributed by atoms with Gasteiger partial charge in [0, 0.05) is 45.9 Å². The predicted molar refractivity (Wildman–Crippen MR) is 124 cm³/mol. The van der Waals surface area contributed by atoms with Crippen molar-refractivity contribution in [1.29, 1.82) is 0 Å². The van der Waals surface area contributed by atoms with Crippen LogP contribution in [-0.2, 0) is 22.6 Å². The second-order valence-electron chi connectivity index (χ2n) is 9.02. The molecule has 0 N–H and O–H groups in total. The third-order valence-electron chi connectivity index (χ3n) is 6.69. The topological polar surface area (TPSA) is 64.9 Å². The quantitative estimate of drug-likeness (QED) is 0.590. The number of hydrogen-bond donors (Lipinski definition) is 0. The summed E-state index contributed by atoms with van der Waals surface area (Å²) < 4.78 is 19.5. The maximum atomic E-state index is 6.11. The number of benzene rings is 1. The maximum absolute atomic E-state index is 6.11. The molecule has 8 nitrogen and oxygen atoms in total. The first-order valence-electron chi connectivity index (χ1n) is 11.8. The monoisotopic (exact) mass is 443 g/mol. The molecule has 0 bridgehead atoms. The lowest BCUT2D eigenvalue weighted by atomic mass is 10.1. The van der Waals surface area contributed by atoms with Crippen molar-refractivity contribution in [2.45, 2.75) is 58.9 Å². The van der Waals surface area contributed by atoms with Crippen molar-refractivity contribution in [2.24, 2.45) is 0 Å². The van der Waals surface area contributed by atoms with Crippen LogP contribution >= 0.6 is 0 Å². The number of aryl methyl sites for hydroxylation is 2. The number of nitrogens with zero attached hydrogens (tertiary/aromatic N) is 5. The molecule has 1 aromatic heterocycles. The molecule has 2 aliphatic heterocycles. The molecule has 2 saturated heterocycles. The van der Waals surface area contributed by atoms with Gasteiger partial charge in [-0.05, 0) is 56.9 Å². The van der Waals surface area contributed by atoms with Crippen LogP contribution in [0.1, 0.15) is 36.7 Å². The molecular formula is C24H37N5O3. The Morgan fingerprint density at radius 1 is 1.16 bits per heavy atom. The molecule has 0 saturated carbocycles. The van der Waals surface area contributed by atoms with Gasteiger partial charge in [-0.25, -0.2) is 0 Å². The molecule has 3 heterocycles. The molecule has 4 rings (SSSR count). The second-order valence-corrected chi connectivity index (χ2v) is 9.02. The number of rotatable bonds is 9. The third-order valence-corrected chi connectivity index (χ3v) is 6.69. The van der Waals surface area contributed by atoms with E-state index in [1.165, 1.54) is 11.1 Å². The zero-order chi connectivity index (χ0) is 22.5. The first kappa shape index (κ1) is 23.0. The predicted octanol–water partition coefficient (Wildman–Crippen LogP) is 2.81. The standard InChI is InChI=1S/C24H37N5O3/c1-18-7-8-21(14-19(18)2)32-17-23-25-26-24(29(23)16-22-6-5-12-31-22)28-10-9-27(11-13-30-4)20(3)15-28/h7-8,14,20,22H,5-6,9-13,15-17H2,1-4H3/t20-,22+/m1/s1. The number of methoxy groups -OCH3 is 1. The smallest absolute Gasteiger partial charge is 0.227 e. The van der Waals surface area contributed by atoms with E-state index in [9.17, 15) is 0 Å². The Balaban J connectivity index is 1.49. The zero-order valence-corrected chi connectivity index (χ0v) is 19.9.